The number of carbonyl (C=O) groups excluding carboxylic acids is 1. The Labute approximate surface area is 357 Å². The van der Waals surface area contributed by atoms with Gasteiger partial charge in [0.05, 0.1) is 49.7 Å². The summed E-state index contributed by atoms with van der Waals surface area (Å²) in [5, 5.41) is 43.6. The number of allylic oxidation sites excluding steroid dienone is 1. The molecular formula is C48H58FN3O9. The Morgan fingerprint density at radius 2 is 1.80 bits per heavy atom. The van der Waals surface area contributed by atoms with E-state index in [1.54, 1.807) is 59.5 Å². The SMILES string of the molecule is C=CCOC12Oc3ccc(OCc4ccccc4F)cc3C3C(CCCCO)C(CCCCO)C=C(C(=NOCC)CC1N(CCOCCO)C(=O)c1ccc(C#N)cc1)C32. The number of benzene rings is 3. The lowest BCUT2D eigenvalue weighted by Gasteiger charge is -2.60. The standard InChI is InChI=1S/C48H58FN3O9/c1-3-25-59-48-44(52(21-26-57-27-24-55)47(56)34-17-15-33(31-50)16-18-34)30-42(51-60-4-2)39-28-35(11-7-9-22-53)38(13-8-10-23-54)45(46(39)48)40-29-37(19-20-43(40)61-48)58-32-36-12-5-6-14-41(36)49/h3,5-6,12,14-20,28-29,35,38,44-46,53-55H,1,4,7-11,13,21-27,30,32H2,2H3. The van der Waals surface area contributed by atoms with E-state index in [2.05, 4.69) is 18.7 Å². The summed E-state index contributed by atoms with van der Waals surface area (Å²) in [7, 11) is 0. The molecule has 3 N–H and O–H groups in total. The van der Waals surface area contributed by atoms with Crippen molar-refractivity contribution in [2.75, 3.05) is 52.8 Å². The maximum atomic E-state index is 14.9. The lowest BCUT2D eigenvalue weighted by molar-refractivity contribution is -0.254. The van der Waals surface area contributed by atoms with Gasteiger partial charge < -0.3 is 44.0 Å². The molecule has 6 unspecified atom stereocenters. The van der Waals surface area contributed by atoms with Crippen molar-refractivity contribution in [2.45, 2.75) is 76.2 Å². The summed E-state index contributed by atoms with van der Waals surface area (Å²) in [6.07, 6.45) is 8.44. The molecule has 6 atom stereocenters. The van der Waals surface area contributed by atoms with E-state index in [0.29, 0.717) is 53.3 Å². The van der Waals surface area contributed by atoms with Crippen molar-refractivity contribution in [3.8, 4) is 17.6 Å². The molecule has 1 fully saturated rings. The topological polar surface area (TPSA) is 163 Å². The van der Waals surface area contributed by atoms with E-state index in [-0.39, 0.29) is 88.7 Å². The van der Waals surface area contributed by atoms with E-state index in [1.165, 1.54) is 6.07 Å². The predicted octanol–water partition coefficient (Wildman–Crippen LogP) is 7.08. The molecule has 3 aromatic rings. The zero-order valence-corrected chi connectivity index (χ0v) is 34.9. The Morgan fingerprint density at radius 3 is 2.51 bits per heavy atom. The molecule has 1 aliphatic heterocycles. The average Bonchev–Trinajstić information content (AvgIpc) is 3.28. The third-order valence-electron chi connectivity index (χ3n) is 11.9. The van der Waals surface area contributed by atoms with Crippen LogP contribution in [0.3, 0.4) is 0 Å². The van der Waals surface area contributed by atoms with Crippen molar-refractivity contribution in [1.82, 2.24) is 4.90 Å². The van der Waals surface area contributed by atoms with Crippen LogP contribution < -0.4 is 9.47 Å². The number of aliphatic hydroxyl groups is 3. The number of oxime groups is 1. The number of halogens is 1. The molecule has 1 heterocycles. The highest BCUT2D eigenvalue weighted by atomic mass is 19.1. The Bertz CT molecular complexity index is 2030. The van der Waals surface area contributed by atoms with Crippen LogP contribution in [0.2, 0.25) is 0 Å². The molecule has 0 bridgehead atoms. The van der Waals surface area contributed by atoms with Crippen molar-refractivity contribution in [2.24, 2.45) is 22.9 Å². The van der Waals surface area contributed by atoms with Crippen LogP contribution in [0.25, 0.3) is 0 Å². The third-order valence-corrected chi connectivity index (χ3v) is 11.9. The van der Waals surface area contributed by atoms with E-state index in [1.807, 2.05) is 19.1 Å². The largest absolute Gasteiger partial charge is 0.489 e. The number of amides is 1. The lowest BCUT2D eigenvalue weighted by atomic mass is 9.55. The van der Waals surface area contributed by atoms with Gasteiger partial charge in [-0.3, -0.25) is 4.79 Å². The van der Waals surface area contributed by atoms with E-state index >= 15 is 0 Å². The van der Waals surface area contributed by atoms with Crippen LogP contribution in [-0.2, 0) is 20.9 Å². The smallest absolute Gasteiger partial charge is 0.254 e. The molecule has 12 nitrogen and oxygen atoms in total. The highest BCUT2D eigenvalue weighted by molar-refractivity contribution is 6.03. The zero-order valence-electron chi connectivity index (χ0n) is 34.9. The summed E-state index contributed by atoms with van der Waals surface area (Å²) in [6.45, 7) is 6.47. The summed E-state index contributed by atoms with van der Waals surface area (Å²) >= 11 is 0. The summed E-state index contributed by atoms with van der Waals surface area (Å²) in [5.41, 5.74) is 3.58. The van der Waals surface area contributed by atoms with Crippen LogP contribution >= 0.6 is 0 Å². The number of hydrogen-bond donors (Lipinski definition) is 3. The molecule has 3 aliphatic rings. The molecule has 13 heteroatoms. The van der Waals surface area contributed by atoms with Crippen molar-refractivity contribution in [3.63, 3.8) is 0 Å². The minimum Gasteiger partial charge on any atom is -0.489 e. The number of nitriles is 1. The van der Waals surface area contributed by atoms with Gasteiger partial charge in [0, 0.05) is 48.8 Å². The average molecular weight is 840 g/mol. The summed E-state index contributed by atoms with van der Waals surface area (Å²) in [4.78, 5) is 22.5. The van der Waals surface area contributed by atoms with Crippen molar-refractivity contribution < 1.29 is 48.3 Å². The van der Waals surface area contributed by atoms with Gasteiger partial charge in [-0.15, -0.1) is 6.58 Å². The minimum atomic E-state index is -1.51. The number of hydrogen-bond acceptors (Lipinski definition) is 11. The molecule has 6 rings (SSSR count). The summed E-state index contributed by atoms with van der Waals surface area (Å²) in [5.74, 6) is -1.98. The normalized spacial score (nSPS) is 23.2. The first-order chi connectivity index (χ1) is 29.8. The van der Waals surface area contributed by atoms with Crippen molar-refractivity contribution in [3.05, 3.63) is 119 Å². The first kappa shape index (κ1) is 45.4. The van der Waals surface area contributed by atoms with Gasteiger partial charge in [0.2, 0.25) is 5.79 Å². The monoisotopic (exact) mass is 839 g/mol. The van der Waals surface area contributed by atoms with E-state index in [0.717, 1.165) is 36.8 Å². The first-order valence-corrected chi connectivity index (χ1v) is 21.4. The highest BCUT2D eigenvalue weighted by Gasteiger charge is 2.65. The van der Waals surface area contributed by atoms with Gasteiger partial charge >= 0.3 is 0 Å². The molecule has 326 valence electrons. The molecule has 61 heavy (non-hydrogen) atoms. The fourth-order valence-electron chi connectivity index (χ4n) is 9.24. The molecule has 0 radical (unpaired) electrons. The van der Waals surface area contributed by atoms with E-state index in [9.17, 15) is 29.8 Å². The predicted molar refractivity (Wildman–Crippen MR) is 227 cm³/mol. The van der Waals surface area contributed by atoms with Gasteiger partial charge in [-0.25, -0.2) is 4.39 Å². The first-order valence-electron chi connectivity index (χ1n) is 21.4. The zero-order chi connectivity index (χ0) is 43.2. The lowest BCUT2D eigenvalue weighted by Crippen LogP contribution is -2.70. The Hall–Kier alpha value is -5.10. The van der Waals surface area contributed by atoms with Crippen molar-refractivity contribution in [1.29, 1.82) is 5.26 Å². The number of ether oxygens (including phenoxy) is 4. The fraction of sp³-hybridized carbons (Fsp3) is 0.479. The number of rotatable bonds is 23. The van der Waals surface area contributed by atoms with Gasteiger partial charge in [0.15, 0.2) is 0 Å². The Morgan fingerprint density at radius 1 is 1.03 bits per heavy atom. The van der Waals surface area contributed by atoms with Crippen LogP contribution in [0, 0.1) is 34.9 Å². The minimum absolute atomic E-state index is 0.0136. The summed E-state index contributed by atoms with van der Waals surface area (Å²) < 4.78 is 41.1. The van der Waals surface area contributed by atoms with Gasteiger partial charge in [-0.1, -0.05) is 48.3 Å². The molecule has 3 aromatic carbocycles. The maximum Gasteiger partial charge on any atom is 0.254 e. The van der Waals surface area contributed by atoms with Crippen LogP contribution in [0.1, 0.15) is 84.8 Å². The number of nitrogens with zero attached hydrogens (tertiary/aromatic N) is 3. The highest BCUT2D eigenvalue weighted by Crippen LogP contribution is 2.62. The molecule has 1 amide bonds. The molecule has 0 saturated heterocycles. The van der Waals surface area contributed by atoms with Gasteiger partial charge in [0.25, 0.3) is 5.91 Å². The molecule has 0 spiro atoms. The molecule has 1 saturated carbocycles. The van der Waals surface area contributed by atoms with Gasteiger partial charge in [-0.05, 0) is 98.5 Å². The van der Waals surface area contributed by atoms with Crippen molar-refractivity contribution >= 4 is 11.6 Å². The second-order valence-electron chi connectivity index (χ2n) is 15.6. The number of fused-ring (bicyclic) bond motifs is 2. The molecular weight excluding hydrogens is 782 g/mol. The Kier molecular flexibility index (Phi) is 16.5. The Balaban J connectivity index is 1.57. The number of carbonyl (C=O) groups is 1. The van der Waals surface area contributed by atoms with Gasteiger partial charge in [0.1, 0.15) is 36.6 Å². The molecule has 2 aliphatic carbocycles. The van der Waals surface area contributed by atoms with Crippen LogP contribution in [0.15, 0.2) is 96.2 Å². The van der Waals surface area contributed by atoms with E-state index in [4.69, 9.17) is 28.9 Å². The third kappa shape index (κ3) is 10.3. The maximum absolute atomic E-state index is 14.9. The second kappa shape index (κ2) is 22.1. The molecule has 0 aromatic heterocycles. The van der Waals surface area contributed by atoms with Crippen LogP contribution in [0.5, 0.6) is 11.5 Å². The van der Waals surface area contributed by atoms with Crippen LogP contribution in [-0.4, -0.2) is 96.5 Å². The fourth-order valence-corrected chi connectivity index (χ4v) is 9.24. The summed E-state index contributed by atoms with van der Waals surface area (Å²) in [6, 6.07) is 19.9. The number of aliphatic hydroxyl groups excluding tert-OH is 3. The quantitative estimate of drug-likeness (QED) is 0.0511. The van der Waals surface area contributed by atoms with E-state index < -0.39 is 17.7 Å². The number of unbranched alkanes of at least 4 members (excludes halogenated alkanes) is 2. The van der Waals surface area contributed by atoms with Gasteiger partial charge in [-0.2, -0.15) is 5.26 Å². The second-order valence-corrected chi connectivity index (χ2v) is 15.6. The van der Waals surface area contributed by atoms with Crippen LogP contribution in [0.4, 0.5) is 4.39 Å².